The molecular formula is C15H22ClN3O10. The molecule has 0 spiro atoms. The Morgan fingerprint density at radius 3 is 2.00 bits per heavy atom. The van der Waals surface area contributed by atoms with Gasteiger partial charge in [0.1, 0.15) is 6.10 Å². The van der Waals surface area contributed by atoms with Gasteiger partial charge in [-0.1, -0.05) is 0 Å². The first-order valence-corrected chi connectivity index (χ1v) is 8.93. The summed E-state index contributed by atoms with van der Waals surface area (Å²) in [4.78, 5) is 57.6. The number of nitrogens with one attached hydrogen (secondary N) is 1. The zero-order chi connectivity index (χ0) is 22.1. The second-order valence-electron chi connectivity index (χ2n) is 5.84. The van der Waals surface area contributed by atoms with Crippen LogP contribution in [0.25, 0.3) is 0 Å². The van der Waals surface area contributed by atoms with E-state index in [0.717, 1.165) is 20.8 Å². The number of halogens is 1. The highest BCUT2D eigenvalue weighted by molar-refractivity contribution is 6.18. The summed E-state index contributed by atoms with van der Waals surface area (Å²) < 4.78 is 20.8. The molecule has 0 saturated carbocycles. The molecule has 1 saturated heterocycles. The second-order valence-corrected chi connectivity index (χ2v) is 6.22. The molecule has 164 valence electrons. The van der Waals surface area contributed by atoms with Gasteiger partial charge in [0.05, 0.1) is 18.4 Å². The smallest absolute Gasteiger partial charge is 0.342 e. The Morgan fingerprint density at radius 1 is 1.03 bits per heavy atom. The van der Waals surface area contributed by atoms with Gasteiger partial charge in [0.25, 0.3) is 0 Å². The van der Waals surface area contributed by atoms with Crippen molar-refractivity contribution in [3.63, 3.8) is 0 Å². The number of carbonyl (C=O) groups is 4. The summed E-state index contributed by atoms with van der Waals surface area (Å²) in [5.41, 5.74) is 0. The first-order valence-electron chi connectivity index (χ1n) is 8.39. The summed E-state index contributed by atoms with van der Waals surface area (Å²) in [6.45, 7) is 2.26. The minimum atomic E-state index is -1.49. The molecule has 0 unspecified atom stereocenters. The van der Waals surface area contributed by atoms with Gasteiger partial charge in [0.15, 0.2) is 24.5 Å². The van der Waals surface area contributed by atoms with Crippen LogP contribution in [0.1, 0.15) is 20.8 Å². The lowest BCUT2D eigenvalue weighted by molar-refractivity contribution is -0.254. The number of nitroso groups, excluding NO2 is 1. The van der Waals surface area contributed by atoms with E-state index in [0.29, 0.717) is 5.01 Å². The molecule has 14 heteroatoms. The number of aliphatic hydroxyl groups is 1. The molecule has 2 amide bonds. The van der Waals surface area contributed by atoms with E-state index < -0.39 is 61.2 Å². The molecule has 2 N–H and O–H groups in total. The van der Waals surface area contributed by atoms with E-state index in [1.807, 2.05) is 0 Å². The third kappa shape index (κ3) is 7.11. The monoisotopic (exact) mass is 439 g/mol. The van der Waals surface area contributed by atoms with Crippen LogP contribution in [0.4, 0.5) is 4.79 Å². The van der Waals surface area contributed by atoms with E-state index in [1.165, 1.54) is 0 Å². The van der Waals surface area contributed by atoms with E-state index in [-0.39, 0.29) is 12.4 Å². The molecule has 1 rings (SSSR count). The number of nitrogens with zero attached hydrogens (tertiary/aromatic N) is 2. The fourth-order valence-corrected chi connectivity index (χ4v) is 2.77. The van der Waals surface area contributed by atoms with E-state index >= 15 is 0 Å². The van der Waals surface area contributed by atoms with Crippen LogP contribution in [0.15, 0.2) is 5.29 Å². The second kappa shape index (κ2) is 11.5. The summed E-state index contributed by atoms with van der Waals surface area (Å²) >= 11 is 5.49. The highest BCUT2D eigenvalue weighted by Gasteiger charge is 2.52. The summed E-state index contributed by atoms with van der Waals surface area (Å²) in [6, 6.07) is -1.05. The van der Waals surface area contributed by atoms with Crippen LogP contribution in [0, 0.1) is 4.91 Å². The summed E-state index contributed by atoms with van der Waals surface area (Å²) in [6.07, 6.45) is -6.99. The molecule has 1 aliphatic heterocycles. The number of amides is 2. The fourth-order valence-electron chi connectivity index (χ4n) is 2.61. The molecule has 1 fully saturated rings. The maximum absolute atomic E-state index is 12.2. The van der Waals surface area contributed by atoms with Crippen molar-refractivity contribution in [3.05, 3.63) is 4.91 Å². The maximum Gasteiger partial charge on any atom is 0.342 e. The Morgan fingerprint density at radius 2 is 1.55 bits per heavy atom. The summed E-state index contributed by atoms with van der Waals surface area (Å²) in [7, 11) is 0. The molecule has 0 radical (unpaired) electrons. The van der Waals surface area contributed by atoms with Crippen LogP contribution in [0.2, 0.25) is 0 Å². The third-order valence-electron chi connectivity index (χ3n) is 3.61. The van der Waals surface area contributed by atoms with Crippen molar-refractivity contribution < 1.29 is 43.2 Å². The predicted octanol–water partition coefficient (Wildman–Crippen LogP) is -0.569. The number of hydrogen-bond acceptors (Lipinski definition) is 11. The van der Waals surface area contributed by atoms with Gasteiger partial charge in [-0.3, -0.25) is 14.4 Å². The first-order chi connectivity index (χ1) is 13.6. The Bertz CT molecular complexity index is 633. The lowest BCUT2D eigenvalue weighted by Crippen LogP contribution is -2.66. The minimum absolute atomic E-state index is 0.0953. The van der Waals surface area contributed by atoms with Crippen molar-refractivity contribution in [2.75, 3.05) is 19.0 Å². The molecule has 13 nitrogen and oxygen atoms in total. The molecule has 1 heterocycles. The third-order valence-corrected chi connectivity index (χ3v) is 3.78. The van der Waals surface area contributed by atoms with Crippen LogP contribution in [0.5, 0.6) is 0 Å². The van der Waals surface area contributed by atoms with Crippen LogP contribution in [0.3, 0.4) is 0 Å². The fraction of sp³-hybridized carbons (Fsp3) is 0.733. The average Bonchev–Trinajstić information content (AvgIpc) is 2.62. The average molecular weight is 440 g/mol. The van der Waals surface area contributed by atoms with Gasteiger partial charge in [-0.05, 0) is 0 Å². The zero-order valence-electron chi connectivity index (χ0n) is 15.9. The first kappa shape index (κ1) is 24.5. The number of urea groups is 1. The van der Waals surface area contributed by atoms with E-state index in [1.54, 1.807) is 0 Å². The van der Waals surface area contributed by atoms with E-state index in [9.17, 15) is 29.2 Å². The lowest BCUT2D eigenvalue weighted by atomic mass is 9.97. The van der Waals surface area contributed by atoms with Crippen molar-refractivity contribution in [2.24, 2.45) is 5.29 Å². The normalized spacial score (nSPS) is 26.0. The van der Waals surface area contributed by atoms with Crippen molar-refractivity contribution >= 4 is 35.5 Å². The largest absolute Gasteiger partial charge is 0.456 e. The van der Waals surface area contributed by atoms with Crippen molar-refractivity contribution in [2.45, 2.75) is 51.4 Å². The maximum atomic E-state index is 12.2. The van der Waals surface area contributed by atoms with Gasteiger partial charge in [-0.2, -0.15) is 5.01 Å². The SMILES string of the molecule is CC(=O)O[C@@H]1[C@@H](OC(C)=O)[C@H](NC(=O)N(CCCl)N=O)O[C@H](CO)[C@H]1OC(C)=O. The molecule has 29 heavy (non-hydrogen) atoms. The van der Waals surface area contributed by atoms with Crippen LogP contribution in [-0.2, 0) is 33.3 Å². The standard InChI is InChI=1S/C15H22ClN3O10/c1-7(21)26-11-10(6-20)29-14(17-15(24)19(18-25)5-4-16)13(28-9(3)23)12(11)27-8(2)22/h10-14,20H,4-6H2,1-3H3,(H,17,24)/t10-,11-,12+,13-,14-/m1/s1. The Hall–Kier alpha value is -2.51. The van der Waals surface area contributed by atoms with Crippen LogP contribution >= 0.6 is 11.6 Å². The molecule has 0 bridgehead atoms. The lowest BCUT2D eigenvalue weighted by Gasteiger charge is -2.44. The summed E-state index contributed by atoms with van der Waals surface area (Å²) in [5, 5.41) is 14.8. The van der Waals surface area contributed by atoms with Crippen LogP contribution < -0.4 is 5.32 Å². The van der Waals surface area contributed by atoms with Gasteiger partial charge in [0, 0.05) is 26.7 Å². The molecule has 0 aromatic heterocycles. The number of alkyl halides is 1. The Labute approximate surface area is 170 Å². The zero-order valence-corrected chi connectivity index (χ0v) is 16.7. The van der Waals surface area contributed by atoms with Gasteiger partial charge in [-0.25, -0.2) is 4.79 Å². The topological polar surface area (TPSA) is 170 Å². The Kier molecular flexibility index (Phi) is 9.71. The van der Waals surface area contributed by atoms with E-state index in [4.69, 9.17) is 30.5 Å². The number of rotatable bonds is 8. The minimum Gasteiger partial charge on any atom is -0.456 e. The molecule has 0 aromatic carbocycles. The molecule has 0 aromatic rings. The molecule has 1 aliphatic rings. The van der Waals surface area contributed by atoms with Gasteiger partial charge < -0.3 is 29.4 Å². The van der Waals surface area contributed by atoms with Crippen molar-refractivity contribution in [1.82, 2.24) is 10.3 Å². The Balaban J connectivity index is 3.25. The quantitative estimate of drug-likeness (QED) is 0.164. The number of hydrogen-bond donors (Lipinski definition) is 2. The van der Waals surface area contributed by atoms with E-state index in [2.05, 4.69) is 10.6 Å². The van der Waals surface area contributed by atoms with Crippen molar-refractivity contribution in [3.8, 4) is 0 Å². The van der Waals surface area contributed by atoms with Gasteiger partial charge >= 0.3 is 23.9 Å². The predicted molar refractivity (Wildman–Crippen MR) is 94.2 cm³/mol. The molecule has 0 aliphatic carbocycles. The highest BCUT2D eigenvalue weighted by atomic mass is 35.5. The number of aliphatic hydroxyl groups excluding tert-OH is 1. The number of carbonyl (C=O) groups excluding carboxylic acids is 4. The summed E-state index contributed by atoms with van der Waals surface area (Å²) in [5.74, 6) is -2.52. The molecule has 5 atom stereocenters. The molecular weight excluding hydrogens is 418 g/mol. The van der Waals surface area contributed by atoms with Crippen molar-refractivity contribution in [1.29, 1.82) is 0 Å². The number of esters is 3. The van der Waals surface area contributed by atoms with Crippen LogP contribution in [-0.4, -0.2) is 83.7 Å². The van der Waals surface area contributed by atoms with Gasteiger partial charge in [0.2, 0.25) is 0 Å². The van der Waals surface area contributed by atoms with Gasteiger partial charge in [-0.15, -0.1) is 16.5 Å². The number of ether oxygens (including phenoxy) is 4. The highest BCUT2D eigenvalue weighted by Crippen LogP contribution is 2.28.